The first-order valence-corrected chi connectivity index (χ1v) is 7.69. The summed E-state index contributed by atoms with van der Waals surface area (Å²) in [5.41, 5.74) is 1.01. The quantitative estimate of drug-likeness (QED) is 0.939. The second-order valence-corrected chi connectivity index (χ2v) is 6.08. The van der Waals surface area contributed by atoms with Crippen molar-refractivity contribution in [3.63, 3.8) is 0 Å². The second-order valence-electron chi connectivity index (χ2n) is 6.08. The van der Waals surface area contributed by atoms with Crippen LogP contribution in [-0.2, 0) is 6.54 Å². The molecule has 4 rings (SSSR count). The Morgan fingerprint density at radius 1 is 1.18 bits per heavy atom. The van der Waals surface area contributed by atoms with E-state index in [2.05, 4.69) is 20.4 Å². The van der Waals surface area contributed by atoms with Crippen LogP contribution >= 0.6 is 12.4 Å². The maximum atomic E-state index is 5.41. The van der Waals surface area contributed by atoms with Gasteiger partial charge in [-0.15, -0.1) is 12.4 Å². The van der Waals surface area contributed by atoms with Crippen molar-refractivity contribution in [1.29, 1.82) is 0 Å². The number of benzene rings is 1. The molecule has 118 valence electrons. The van der Waals surface area contributed by atoms with Gasteiger partial charge in [0.2, 0.25) is 11.7 Å². The van der Waals surface area contributed by atoms with Crippen LogP contribution in [0.3, 0.4) is 0 Å². The van der Waals surface area contributed by atoms with Crippen LogP contribution in [0, 0.1) is 11.8 Å². The normalized spacial score (nSPS) is 24.7. The Morgan fingerprint density at radius 2 is 2.00 bits per heavy atom. The largest absolute Gasteiger partial charge is 0.338 e. The maximum Gasteiger partial charge on any atom is 0.241 e. The third-order valence-electron chi connectivity index (χ3n) is 4.65. The minimum absolute atomic E-state index is 0. The standard InChI is InChI=1S/C16H20N4O.ClH/c1-2-4-12(5-3-1)16-18-15(21-19-16)11-20-7-6-13-8-17-9-14(13)10-20;/h1-5,13-14,17H,6-11H2;1H. The first kappa shape index (κ1) is 15.5. The molecule has 2 aromatic rings. The second kappa shape index (κ2) is 6.77. The molecule has 2 atom stereocenters. The average Bonchev–Trinajstić information content (AvgIpc) is 3.17. The van der Waals surface area contributed by atoms with Crippen LogP contribution in [0.5, 0.6) is 0 Å². The fourth-order valence-electron chi connectivity index (χ4n) is 3.47. The molecule has 2 unspecified atom stereocenters. The predicted octanol–water partition coefficient (Wildman–Crippen LogP) is 2.20. The van der Waals surface area contributed by atoms with E-state index >= 15 is 0 Å². The van der Waals surface area contributed by atoms with Crippen molar-refractivity contribution in [1.82, 2.24) is 20.4 Å². The van der Waals surface area contributed by atoms with E-state index in [-0.39, 0.29) is 12.4 Å². The number of rotatable bonds is 3. The topological polar surface area (TPSA) is 54.2 Å². The fourth-order valence-corrected chi connectivity index (χ4v) is 3.47. The van der Waals surface area contributed by atoms with Crippen molar-refractivity contribution in [3.8, 4) is 11.4 Å². The van der Waals surface area contributed by atoms with E-state index in [1.807, 2.05) is 30.3 Å². The molecule has 2 saturated heterocycles. The van der Waals surface area contributed by atoms with Gasteiger partial charge in [-0.05, 0) is 37.9 Å². The molecule has 0 amide bonds. The van der Waals surface area contributed by atoms with Gasteiger partial charge in [0, 0.05) is 12.1 Å². The molecule has 0 radical (unpaired) electrons. The van der Waals surface area contributed by atoms with Gasteiger partial charge in [0.15, 0.2) is 0 Å². The number of hydrogen-bond acceptors (Lipinski definition) is 5. The van der Waals surface area contributed by atoms with E-state index in [0.717, 1.165) is 49.5 Å². The average molecular weight is 321 g/mol. The molecule has 0 saturated carbocycles. The van der Waals surface area contributed by atoms with Crippen molar-refractivity contribution in [2.45, 2.75) is 13.0 Å². The molecule has 0 bridgehead atoms. The van der Waals surface area contributed by atoms with Crippen molar-refractivity contribution in [2.75, 3.05) is 26.2 Å². The number of nitrogens with zero attached hydrogens (tertiary/aromatic N) is 3. The molecular weight excluding hydrogens is 300 g/mol. The van der Waals surface area contributed by atoms with Gasteiger partial charge in [-0.3, -0.25) is 4.90 Å². The highest BCUT2D eigenvalue weighted by atomic mass is 35.5. The van der Waals surface area contributed by atoms with Gasteiger partial charge >= 0.3 is 0 Å². The molecule has 2 aliphatic heterocycles. The summed E-state index contributed by atoms with van der Waals surface area (Å²) in [7, 11) is 0. The molecule has 0 spiro atoms. The van der Waals surface area contributed by atoms with E-state index in [4.69, 9.17) is 4.52 Å². The molecule has 1 aromatic carbocycles. The number of likely N-dealkylation sites (tertiary alicyclic amines) is 1. The van der Waals surface area contributed by atoms with Gasteiger partial charge in [0.25, 0.3) is 0 Å². The van der Waals surface area contributed by atoms with Crippen LogP contribution in [0.4, 0.5) is 0 Å². The summed E-state index contributed by atoms with van der Waals surface area (Å²) in [6.07, 6.45) is 1.28. The van der Waals surface area contributed by atoms with E-state index in [1.165, 1.54) is 13.0 Å². The Balaban J connectivity index is 0.00000144. The first-order valence-electron chi connectivity index (χ1n) is 7.69. The van der Waals surface area contributed by atoms with Crippen LogP contribution in [0.1, 0.15) is 12.3 Å². The first-order chi connectivity index (χ1) is 10.4. The predicted molar refractivity (Wildman–Crippen MR) is 86.7 cm³/mol. The zero-order valence-corrected chi connectivity index (χ0v) is 13.3. The Bertz CT molecular complexity index is 603. The summed E-state index contributed by atoms with van der Waals surface area (Å²) >= 11 is 0. The molecule has 3 heterocycles. The van der Waals surface area contributed by atoms with Crippen LogP contribution in [0.15, 0.2) is 34.9 Å². The molecular formula is C16H21ClN4O. The van der Waals surface area contributed by atoms with Gasteiger partial charge in [-0.2, -0.15) is 4.98 Å². The van der Waals surface area contributed by atoms with E-state index < -0.39 is 0 Å². The Labute approximate surface area is 136 Å². The number of fused-ring (bicyclic) bond motifs is 1. The lowest BCUT2D eigenvalue weighted by Crippen LogP contribution is -2.39. The van der Waals surface area contributed by atoms with Crippen LogP contribution in [0.25, 0.3) is 11.4 Å². The van der Waals surface area contributed by atoms with Gasteiger partial charge in [-0.1, -0.05) is 35.5 Å². The smallest absolute Gasteiger partial charge is 0.241 e. The number of piperidine rings is 1. The number of hydrogen-bond donors (Lipinski definition) is 1. The highest BCUT2D eigenvalue weighted by Crippen LogP contribution is 2.27. The van der Waals surface area contributed by atoms with Gasteiger partial charge in [0.05, 0.1) is 6.54 Å². The van der Waals surface area contributed by atoms with E-state index in [9.17, 15) is 0 Å². The Kier molecular flexibility index (Phi) is 4.76. The van der Waals surface area contributed by atoms with Gasteiger partial charge in [0.1, 0.15) is 0 Å². The van der Waals surface area contributed by atoms with Crippen molar-refractivity contribution in [2.24, 2.45) is 11.8 Å². The summed E-state index contributed by atoms with van der Waals surface area (Å²) < 4.78 is 5.41. The summed E-state index contributed by atoms with van der Waals surface area (Å²) in [6, 6.07) is 9.98. The zero-order chi connectivity index (χ0) is 14.1. The third-order valence-corrected chi connectivity index (χ3v) is 4.65. The Hall–Kier alpha value is -1.43. The number of halogens is 1. The molecule has 5 nitrogen and oxygen atoms in total. The van der Waals surface area contributed by atoms with Crippen molar-refractivity contribution in [3.05, 3.63) is 36.2 Å². The molecule has 2 aliphatic rings. The molecule has 2 fully saturated rings. The SMILES string of the molecule is Cl.c1ccc(-c2noc(CN3CCC4CNCC4C3)n2)cc1. The minimum atomic E-state index is 0. The highest BCUT2D eigenvalue weighted by Gasteiger charge is 2.33. The minimum Gasteiger partial charge on any atom is -0.338 e. The number of nitrogens with one attached hydrogen (secondary N) is 1. The summed E-state index contributed by atoms with van der Waals surface area (Å²) in [5, 5.41) is 7.59. The third kappa shape index (κ3) is 3.16. The van der Waals surface area contributed by atoms with E-state index in [1.54, 1.807) is 0 Å². The summed E-state index contributed by atoms with van der Waals surface area (Å²) in [4.78, 5) is 6.97. The van der Waals surface area contributed by atoms with Crippen molar-refractivity contribution >= 4 is 12.4 Å². The lowest BCUT2D eigenvalue weighted by atomic mass is 9.89. The summed E-state index contributed by atoms with van der Waals surface area (Å²) in [6.45, 7) is 5.38. The molecule has 22 heavy (non-hydrogen) atoms. The maximum absolute atomic E-state index is 5.41. The van der Waals surface area contributed by atoms with Gasteiger partial charge < -0.3 is 9.84 Å². The highest BCUT2D eigenvalue weighted by molar-refractivity contribution is 5.85. The molecule has 0 aliphatic carbocycles. The lowest BCUT2D eigenvalue weighted by Gasteiger charge is -2.33. The summed E-state index contributed by atoms with van der Waals surface area (Å²) in [5.74, 6) is 3.06. The monoisotopic (exact) mass is 320 g/mol. The van der Waals surface area contributed by atoms with Gasteiger partial charge in [-0.25, -0.2) is 0 Å². The van der Waals surface area contributed by atoms with Crippen LogP contribution < -0.4 is 5.32 Å². The molecule has 1 aromatic heterocycles. The molecule has 1 N–H and O–H groups in total. The lowest BCUT2D eigenvalue weighted by molar-refractivity contribution is 0.128. The van der Waals surface area contributed by atoms with Crippen molar-refractivity contribution < 1.29 is 4.52 Å². The Morgan fingerprint density at radius 3 is 2.86 bits per heavy atom. The fraction of sp³-hybridized carbons (Fsp3) is 0.500. The van der Waals surface area contributed by atoms with Crippen LogP contribution in [-0.4, -0.2) is 41.2 Å². The number of aromatic nitrogens is 2. The molecule has 6 heteroatoms. The van der Waals surface area contributed by atoms with E-state index in [0.29, 0.717) is 5.82 Å². The van der Waals surface area contributed by atoms with Crippen LogP contribution in [0.2, 0.25) is 0 Å². The zero-order valence-electron chi connectivity index (χ0n) is 12.4.